The largest absolute Gasteiger partial charge is 0.493 e. The molecule has 1 atom stereocenters. The minimum atomic E-state index is -0.982. The second kappa shape index (κ2) is 9.45. The van der Waals surface area contributed by atoms with Crippen LogP contribution >= 0.6 is 0 Å². The van der Waals surface area contributed by atoms with Crippen molar-refractivity contribution in [1.29, 1.82) is 0 Å². The summed E-state index contributed by atoms with van der Waals surface area (Å²) in [4.78, 5) is 24.9. The standard InChI is InChI=1S/C21H29N3O5/c1-12(2)11-28-17-9-8-16(10-18(17)27-7)21(26)29-15(5)20(25)22-19-13(3)23-24(6)14(19)4/h8-10,12,15H,11H2,1-7H3,(H,22,25)/t15-/m1/s1. The summed E-state index contributed by atoms with van der Waals surface area (Å²) in [6.07, 6.45) is -0.982. The predicted molar refractivity (Wildman–Crippen MR) is 110 cm³/mol. The SMILES string of the molecule is COc1cc(C(=O)O[C@H](C)C(=O)Nc2c(C)nn(C)c2C)ccc1OCC(C)C. The highest BCUT2D eigenvalue weighted by atomic mass is 16.5. The van der Waals surface area contributed by atoms with Gasteiger partial charge in [-0.15, -0.1) is 0 Å². The van der Waals surface area contributed by atoms with Crippen molar-refractivity contribution in [2.45, 2.75) is 40.7 Å². The molecule has 8 heteroatoms. The zero-order valence-electron chi connectivity index (χ0n) is 18.0. The molecule has 0 radical (unpaired) electrons. The van der Waals surface area contributed by atoms with Crippen LogP contribution in [0.3, 0.4) is 0 Å². The van der Waals surface area contributed by atoms with E-state index in [0.717, 1.165) is 5.69 Å². The molecule has 0 bridgehead atoms. The Balaban J connectivity index is 2.05. The Morgan fingerprint density at radius 3 is 2.41 bits per heavy atom. The van der Waals surface area contributed by atoms with E-state index >= 15 is 0 Å². The Morgan fingerprint density at radius 1 is 1.17 bits per heavy atom. The average molecular weight is 403 g/mol. The van der Waals surface area contributed by atoms with Crippen LogP contribution in [-0.4, -0.2) is 41.5 Å². The van der Waals surface area contributed by atoms with Gasteiger partial charge in [0.25, 0.3) is 5.91 Å². The van der Waals surface area contributed by atoms with Crippen LogP contribution in [0.1, 0.15) is 42.5 Å². The molecule has 0 aliphatic rings. The van der Waals surface area contributed by atoms with E-state index in [0.29, 0.717) is 35.4 Å². The quantitative estimate of drug-likeness (QED) is 0.680. The summed E-state index contributed by atoms with van der Waals surface area (Å²) >= 11 is 0. The van der Waals surface area contributed by atoms with Gasteiger partial charge in [0, 0.05) is 7.05 Å². The molecule has 29 heavy (non-hydrogen) atoms. The summed E-state index contributed by atoms with van der Waals surface area (Å²) in [7, 11) is 3.30. The third-order valence-electron chi connectivity index (χ3n) is 4.38. The highest BCUT2D eigenvalue weighted by Crippen LogP contribution is 2.29. The number of aromatic nitrogens is 2. The van der Waals surface area contributed by atoms with Gasteiger partial charge in [0.2, 0.25) is 0 Å². The van der Waals surface area contributed by atoms with Gasteiger partial charge in [-0.25, -0.2) is 4.79 Å². The summed E-state index contributed by atoms with van der Waals surface area (Å²) in [6.45, 7) is 9.78. The molecule has 0 aliphatic carbocycles. The number of hydrogen-bond donors (Lipinski definition) is 1. The van der Waals surface area contributed by atoms with Gasteiger partial charge < -0.3 is 19.5 Å². The molecular weight excluding hydrogens is 374 g/mol. The molecule has 1 heterocycles. The van der Waals surface area contributed by atoms with Crippen LogP contribution in [0.25, 0.3) is 0 Å². The normalized spacial score (nSPS) is 11.9. The second-order valence-electron chi connectivity index (χ2n) is 7.28. The van der Waals surface area contributed by atoms with Crippen molar-refractivity contribution in [3.63, 3.8) is 0 Å². The van der Waals surface area contributed by atoms with Crippen molar-refractivity contribution in [2.75, 3.05) is 19.0 Å². The van der Waals surface area contributed by atoms with Crippen molar-refractivity contribution in [3.8, 4) is 11.5 Å². The van der Waals surface area contributed by atoms with Crippen LogP contribution in [0.15, 0.2) is 18.2 Å². The van der Waals surface area contributed by atoms with Gasteiger partial charge in [0.05, 0.1) is 36.4 Å². The fourth-order valence-electron chi connectivity index (χ4n) is 2.63. The van der Waals surface area contributed by atoms with Crippen LogP contribution in [0, 0.1) is 19.8 Å². The lowest BCUT2D eigenvalue weighted by molar-refractivity contribution is -0.123. The number of amides is 1. The van der Waals surface area contributed by atoms with E-state index in [4.69, 9.17) is 14.2 Å². The number of hydrogen-bond acceptors (Lipinski definition) is 6. The van der Waals surface area contributed by atoms with Gasteiger partial charge in [0.1, 0.15) is 0 Å². The fraction of sp³-hybridized carbons (Fsp3) is 0.476. The summed E-state index contributed by atoms with van der Waals surface area (Å²) in [6, 6.07) is 4.78. The first-order chi connectivity index (χ1) is 13.6. The molecule has 0 saturated heterocycles. The molecule has 1 aromatic carbocycles. The van der Waals surface area contributed by atoms with E-state index in [1.807, 2.05) is 20.8 Å². The zero-order valence-corrected chi connectivity index (χ0v) is 18.0. The van der Waals surface area contributed by atoms with Crippen LogP contribution in [0.4, 0.5) is 5.69 Å². The van der Waals surface area contributed by atoms with Crippen molar-refractivity contribution in [1.82, 2.24) is 9.78 Å². The number of carbonyl (C=O) groups excluding carboxylic acids is 2. The van der Waals surface area contributed by atoms with Crippen molar-refractivity contribution in [3.05, 3.63) is 35.2 Å². The monoisotopic (exact) mass is 403 g/mol. The van der Waals surface area contributed by atoms with Crippen LogP contribution in [0.5, 0.6) is 11.5 Å². The predicted octanol–water partition coefficient (Wildman–Crippen LogP) is 3.26. The summed E-state index contributed by atoms with van der Waals surface area (Å²) < 4.78 is 18.0. The Labute approximate surface area is 171 Å². The van der Waals surface area contributed by atoms with Crippen LogP contribution in [-0.2, 0) is 16.6 Å². The number of ether oxygens (including phenoxy) is 3. The molecule has 0 unspecified atom stereocenters. The number of carbonyl (C=O) groups is 2. The average Bonchev–Trinajstić information content (AvgIpc) is 2.91. The van der Waals surface area contributed by atoms with E-state index < -0.39 is 18.0 Å². The Kier molecular flexibility index (Phi) is 7.25. The first-order valence-corrected chi connectivity index (χ1v) is 9.46. The highest BCUT2D eigenvalue weighted by molar-refractivity contribution is 5.98. The molecule has 1 N–H and O–H groups in total. The smallest absolute Gasteiger partial charge is 0.339 e. The van der Waals surface area contributed by atoms with E-state index in [2.05, 4.69) is 10.4 Å². The number of aryl methyl sites for hydroxylation is 2. The van der Waals surface area contributed by atoms with Crippen molar-refractivity contribution >= 4 is 17.6 Å². The van der Waals surface area contributed by atoms with Gasteiger partial charge in [-0.1, -0.05) is 13.8 Å². The molecule has 2 rings (SSSR count). The molecule has 8 nitrogen and oxygen atoms in total. The number of esters is 1. The Morgan fingerprint density at radius 2 is 1.86 bits per heavy atom. The minimum absolute atomic E-state index is 0.270. The molecule has 1 aromatic heterocycles. The van der Waals surface area contributed by atoms with E-state index in [1.165, 1.54) is 20.1 Å². The van der Waals surface area contributed by atoms with Crippen LogP contribution < -0.4 is 14.8 Å². The van der Waals surface area contributed by atoms with Gasteiger partial charge in [-0.05, 0) is 44.9 Å². The molecular formula is C21H29N3O5. The summed E-state index contributed by atoms with van der Waals surface area (Å²) in [5, 5.41) is 7.02. The maximum Gasteiger partial charge on any atom is 0.339 e. The molecule has 0 fully saturated rings. The molecule has 158 valence electrons. The topological polar surface area (TPSA) is 91.7 Å². The third-order valence-corrected chi connectivity index (χ3v) is 4.38. The maximum atomic E-state index is 12.5. The van der Waals surface area contributed by atoms with E-state index in [-0.39, 0.29) is 5.56 Å². The molecule has 2 aromatic rings. The number of rotatable bonds is 8. The van der Waals surface area contributed by atoms with Crippen LogP contribution in [0.2, 0.25) is 0 Å². The highest BCUT2D eigenvalue weighted by Gasteiger charge is 2.22. The number of nitrogens with zero attached hydrogens (tertiary/aromatic N) is 2. The molecule has 0 spiro atoms. The third kappa shape index (κ3) is 5.49. The van der Waals surface area contributed by atoms with Gasteiger partial charge in [-0.2, -0.15) is 5.10 Å². The first-order valence-electron chi connectivity index (χ1n) is 9.46. The molecule has 1 amide bonds. The van der Waals surface area contributed by atoms with Gasteiger partial charge >= 0.3 is 5.97 Å². The van der Waals surface area contributed by atoms with Crippen molar-refractivity contribution < 1.29 is 23.8 Å². The lowest BCUT2D eigenvalue weighted by atomic mass is 10.2. The molecule has 0 saturated carbocycles. The second-order valence-corrected chi connectivity index (χ2v) is 7.28. The van der Waals surface area contributed by atoms with Gasteiger partial charge in [0.15, 0.2) is 17.6 Å². The van der Waals surface area contributed by atoms with E-state index in [1.54, 1.807) is 30.8 Å². The number of methoxy groups -OCH3 is 1. The van der Waals surface area contributed by atoms with E-state index in [9.17, 15) is 9.59 Å². The van der Waals surface area contributed by atoms with Crippen molar-refractivity contribution in [2.24, 2.45) is 13.0 Å². The zero-order chi connectivity index (χ0) is 21.7. The number of benzene rings is 1. The molecule has 0 aliphatic heterocycles. The Bertz CT molecular complexity index is 889. The lowest BCUT2D eigenvalue weighted by Gasteiger charge is -2.15. The summed E-state index contributed by atoms with van der Waals surface area (Å²) in [5.41, 5.74) is 2.40. The van der Waals surface area contributed by atoms with Gasteiger partial charge in [-0.3, -0.25) is 9.48 Å². The Hall–Kier alpha value is -3.03. The maximum absolute atomic E-state index is 12.5. The fourth-order valence-corrected chi connectivity index (χ4v) is 2.63. The summed E-state index contributed by atoms with van der Waals surface area (Å²) in [5.74, 6) is 0.281. The first kappa shape index (κ1) is 22.3. The minimum Gasteiger partial charge on any atom is -0.493 e. The number of nitrogens with one attached hydrogen (secondary N) is 1. The number of anilines is 1. The lowest BCUT2D eigenvalue weighted by Crippen LogP contribution is -2.30.